The fourth-order valence-corrected chi connectivity index (χ4v) is 2.57. The summed E-state index contributed by atoms with van der Waals surface area (Å²) in [6.07, 6.45) is 1.66. The highest BCUT2D eigenvalue weighted by molar-refractivity contribution is 6.35. The number of hydrogen-bond acceptors (Lipinski definition) is 4. The minimum absolute atomic E-state index is 0.0669. The van der Waals surface area contributed by atoms with Gasteiger partial charge in [-0.05, 0) is 61.9 Å². The van der Waals surface area contributed by atoms with Gasteiger partial charge in [-0.2, -0.15) is 0 Å². The first-order valence-electron chi connectivity index (χ1n) is 8.02. The van der Waals surface area contributed by atoms with Gasteiger partial charge < -0.3 is 10.1 Å². The molecule has 2 aromatic rings. The highest BCUT2D eigenvalue weighted by atomic mass is 35.5. The molecule has 0 saturated heterocycles. The van der Waals surface area contributed by atoms with Crippen molar-refractivity contribution in [3.8, 4) is 0 Å². The Morgan fingerprint density at radius 2 is 1.74 bits per heavy atom. The van der Waals surface area contributed by atoms with Crippen molar-refractivity contribution in [1.29, 1.82) is 0 Å². The number of rotatable bonds is 6. The summed E-state index contributed by atoms with van der Waals surface area (Å²) in [7, 11) is 0. The van der Waals surface area contributed by atoms with Crippen LogP contribution in [0.3, 0.4) is 0 Å². The van der Waals surface area contributed by atoms with E-state index in [9.17, 15) is 14.4 Å². The van der Waals surface area contributed by atoms with Crippen LogP contribution in [0.4, 0.5) is 5.69 Å². The molecule has 0 aliphatic rings. The van der Waals surface area contributed by atoms with Crippen LogP contribution in [0.15, 0.2) is 48.5 Å². The second-order valence-corrected chi connectivity index (χ2v) is 6.54. The number of ketones is 1. The predicted octanol–water partition coefficient (Wildman–Crippen LogP) is 4.78. The van der Waals surface area contributed by atoms with E-state index < -0.39 is 18.0 Å². The van der Waals surface area contributed by atoms with E-state index in [4.69, 9.17) is 27.9 Å². The van der Waals surface area contributed by atoms with Crippen molar-refractivity contribution in [2.45, 2.75) is 20.0 Å². The SMILES string of the molecule is CC(=O)c1ccc(NC(=O)[C@H](C)OC(=O)/C=C/c2ccc(Cl)cc2Cl)cc1. The zero-order chi connectivity index (χ0) is 20.0. The van der Waals surface area contributed by atoms with E-state index in [1.807, 2.05) is 0 Å². The molecule has 27 heavy (non-hydrogen) atoms. The molecule has 1 N–H and O–H groups in total. The van der Waals surface area contributed by atoms with E-state index in [2.05, 4.69) is 5.32 Å². The van der Waals surface area contributed by atoms with E-state index in [1.54, 1.807) is 42.5 Å². The van der Waals surface area contributed by atoms with Crippen molar-refractivity contribution in [3.05, 3.63) is 69.7 Å². The van der Waals surface area contributed by atoms with Gasteiger partial charge in [0.15, 0.2) is 11.9 Å². The molecule has 7 heteroatoms. The third kappa shape index (κ3) is 6.24. The van der Waals surface area contributed by atoms with Gasteiger partial charge in [0.05, 0.1) is 0 Å². The number of ether oxygens (including phenoxy) is 1. The fourth-order valence-electron chi connectivity index (χ4n) is 2.09. The smallest absolute Gasteiger partial charge is 0.331 e. The Labute approximate surface area is 166 Å². The van der Waals surface area contributed by atoms with Gasteiger partial charge in [-0.1, -0.05) is 29.3 Å². The molecule has 2 rings (SSSR count). The Bertz CT molecular complexity index is 891. The summed E-state index contributed by atoms with van der Waals surface area (Å²) >= 11 is 11.8. The number of amides is 1. The molecular formula is C20H17Cl2NO4. The average molecular weight is 406 g/mol. The molecule has 0 radical (unpaired) electrons. The number of hydrogen-bond donors (Lipinski definition) is 1. The Hall–Kier alpha value is -2.63. The van der Waals surface area contributed by atoms with Gasteiger partial charge >= 0.3 is 5.97 Å². The van der Waals surface area contributed by atoms with Crippen LogP contribution in [0.2, 0.25) is 10.0 Å². The lowest BCUT2D eigenvalue weighted by atomic mass is 10.1. The lowest BCUT2D eigenvalue weighted by Crippen LogP contribution is -2.29. The fraction of sp³-hybridized carbons (Fsp3) is 0.150. The highest BCUT2D eigenvalue weighted by Crippen LogP contribution is 2.22. The molecule has 140 valence electrons. The van der Waals surface area contributed by atoms with Crippen LogP contribution in [0.25, 0.3) is 6.08 Å². The Morgan fingerprint density at radius 3 is 2.33 bits per heavy atom. The van der Waals surface area contributed by atoms with E-state index in [-0.39, 0.29) is 5.78 Å². The molecule has 0 saturated carbocycles. The van der Waals surface area contributed by atoms with Crippen molar-refractivity contribution >= 4 is 52.6 Å². The number of carbonyl (C=O) groups is 3. The standard InChI is InChI=1S/C20H17Cl2NO4/c1-12(24)14-4-8-17(9-5-14)23-20(26)13(2)27-19(25)10-6-15-3-7-16(21)11-18(15)22/h3-11,13H,1-2H3,(H,23,26)/b10-6+/t13-/m0/s1. The maximum Gasteiger partial charge on any atom is 0.331 e. The lowest BCUT2D eigenvalue weighted by molar-refractivity contribution is -0.148. The molecule has 0 unspecified atom stereocenters. The first-order valence-corrected chi connectivity index (χ1v) is 8.77. The number of Topliss-reactive ketones (excluding diaryl/α,β-unsaturated/α-hetero) is 1. The van der Waals surface area contributed by atoms with Gasteiger partial charge in [-0.25, -0.2) is 4.79 Å². The summed E-state index contributed by atoms with van der Waals surface area (Å²) in [5.41, 5.74) is 1.63. The first-order chi connectivity index (χ1) is 12.8. The van der Waals surface area contributed by atoms with Crippen molar-refractivity contribution in [2.24, 2.45) is 0 Å². The van der Waals surface area contributed by atoms with Gasteiger partial charge in [0.25, 0.3) is 5.91 Å². The summed E-state index contributed by atoms with van der Waals surface area (Å²) in [5.74, 6) is -1.24. The number of carbonyl (C=O) groups excluding carboxylic acids is 3. The van der Waals surface area contributed by atoms with Crippen LogP contribution < -0.4 is 5.32 Å². The van der Waals surface area contributed by atoms with E-state index >= 15 is 0 Å². The highest BCUT2D eigenvalue weighted by Gasteiger charge is 2.16. The lowest BCUT2D eigenvalue weighted by Gasteiger charge is -2.12. The molecule has 5 nitrogen and oxygen atoms in total. The molecule has 0 spiro atoms. The van der Waals surface area contributed by atoms with Crippen molar-refractivity contribution in [2.75, 3.05) is 5.32 Å². The molecule has 0 bridgehead atoms. The van der Waals surface area contributed by atoms with Gasteiger partial charge in [-0.3, -0.25) is 9.59 Å². The van der Waals surface area contributed by atoms with Gasteiger partial charge in [0.2, 0.25) is 0 Å². The maximum absolute atomic E-state index is 12.1. The van der Waals surface area contributed by atoms with Crippen LogP contribution in [-0.2, 0) is 14.3 Å². The molecule has 1 atom stereocenters. The van der Waals surface area contributed by atoms with Gasteiger partial charge in [0, 0.05) is 27.4 Å². The maximum atomic E-state index is 12.1. The van der Waals surface area contributed by atoms with Crippen LogP contribution in [0, 0.1) is 0 Å². The number of anilines is 1. The molecule has 0 aromatic heterocycles. The topological polar surface area (TPSA) is 72.5 Å². The van der Waals surface area contributed by atoms with Crippen LogP contribution in [0.1, 0.15) is 29.8 Å². The normalized spacial score (nSPS) is 11.9. The second-order valence-electron chi connectivity index (χ2n) is 5.70. The summed E-state index contributed by atoms with van der Waals surface area (Å²) < 4.78 is 5.07. The largest absolute Gasteiger partial charge is 0.449 e. The number of halogens is 2. The van der Waals surface area contributed by atoms with Gasteiger partial charge in [0.1, 0.15) is 0 Å². The average Bonchev–Trinajstić information content (AvgIpc) is 2.61. The summed E-state index contributed by atoms with van der Waals surface area (Å²) in [5, 5.41) is 3.50. The Balaban J connectivity index is 1.92. The third-order valence-corrected chi connectivity index (χ3v) is 4.15. The van der Waals surface area contributed by atoms with E-state index in [1.165, 1.54) is 26.0 Å². The number of esters is 1. The second kappa shape index (κ2) is 9.35. The third-order valence-electron chi connectivity index (χ3n) is 3.58. The molecular weight excluding hydrogens is 389 g/mol. The zero-order valence-corrected chi connectivity index (χ0v) is 16.2. The quantitative estimate of drug-likeness (QED) is 0.426. The number of nitrogens with one attached hydrogen (secondary N) is 1. The molecule has 1 amide bonds. The van der Waals surface area contributed by atoms with E-state index in [0.717, 1.165) is 0 Å². The molecule has 0 aliphatic heterocycles. The van der Waals surface area contributed by atoms with Crippen LogP contribution in [-0.4, -0.2) is 23.8 Å². The monoisotopic (exact) mass is 405 g/mol. The van der Waals surface area contributed by atoms with Crippen molar-refractivity contribution < 1.29 is 19.1 Å². The summed E-state index contributed by atoms with van der Waals surface area (Å²) in [4.78, 5) is 35.2. The molecule has 0 aliphatic carbocycles. The Morgan fingerprint density at radius 1 is 1.07 bits per heavy atom. The molecule has 2 aromatic carbocycles. The summed E-state index contributed by atoms with van der Waals surface area (Å²) in [6.45, 7) is 2.92. The number of benzene rings is 2. The van der Waals surface area contributed by atoms with Crippen molar-refractivity contribution in [1.82, 2.24) is 0 Å². The minimum Gasteiger partial charge on any atom is -0.449 e. The molecule has 0 fully saturated rings. The van der Waals surface area contributed by atoms with Crippen LogP contribution in [0.5, 0.6) is 0 Å². The predicted molar refractivity (Wildman–Crippen MR) is 106 cm³/mol. The van der Waals surface area contributed by atoms with Crippen LogP contribution >= 0.6 is 23.2 Å². The first kappa shape index (κ1) is 20.7. The zero-order valence-electron chi connectivity index (χ0n) is 14.7. The Kier molecular flexibility index (Phi) is 7.16. The molecule has 0 heterocycles. The summed E-state index contributed by atoms with van der Waals surface area (Å²) in [6, 6.07) is 11.3. The van der Waals surface area contributed by atoms with Gasteiger partial charge in [-0.15, -0.1) is 0 Å². The minimum atomic E-state index is -1.00. The van der Waals surface area contributed by atoms with E-state index in [0.29, 0.717) is 26.9 Å². The van der Waals surface area contributed by atoms with Crippen molar-refractivity contribution in [3.63, 3.8) is 0 Å².